The topological polar surface area (TPSA) is 52.6 Å². The predicted octanol–water partition coefficient (Wildman–Crippen LogP) is 3.73. The van der Waals surface area contributed by atoms with E-state index in [1.54, 1.807) is 21.0 Å². The molecule has 0 saturated carbocycles. The first kappa shape index (κ1) is 18.9. The second-order valence-corrected chi connectivity index (χ2v) is 9.64. The van der Waals surface area contributed by atoms with Crippen LogP contribution >= 0.6 is 31.9 Å². The standard InChI is InChI=1S/C14H20Br2O4S/c1-14(2,21(4,17)18)13(16)10-5-6-12(11(15)9-10)20-8-7-19-3/h5-6,9,13H,7-8H2,1-4H3. The molecule has 1 unspecified atom stereocenters. The summed E-state index contributed by atoms with van der Waals surface area (Å²) >= 11 is 6.95. The van der Waals surface area contributed by atoms with Gasteiger partial charge >= 0.3 is 0 Å². The lowest BCUT2D eigenvalue weighted by Crippen LogP contribution is -2.35. The molecule has 0 amide bonds. The first-order valence-electron chi connectivity index (χ1n) is 6.36. The van der Waals surface area contributed by atoms with Crippen LogP contribution in [0.4, 0.5) is 0 Å². The lowest BCUT2D eigenvalue weighted by Gasteiger charge is -2.29. The van der Waals surface area contributed by atoms with Gasteiger partial charge in [0.05, 0.1) is 20.7 Å². The fourth-order valence-corrected chi connectivity index (χ4v) is 3.94. The quantitative estimate of drug-likeness (QED) is 0.475. The van der Waals surface area contributed by atoms with Gasteiger partial charge in [-0.3, -0.25) is 0 Å². The molecule has 0 aliphatic carbocycles. The van der Waals surface area contributed by atoms with Gasteiger partial charge in [0.1, 0.15) is 12.4 Å². The minimum Gasteiger partial charge on any atom is -0.490 e. The zero-order valence-corrected chi connectivity index (χ0v) is 16.5. The Bertz CT molecular complexity index is 585. The number of hydrogen-bond donors (Lipinski definition) is 0. The second kappa shape index (κ2) is 7.44. The second-order valence-electron chi connectivity index (χ2n) is 5.27. The molecule has 21 heavy (non-hydrogen) atoms. The average molecular weight is 444 g/mol. The molecule has 0 saturated heterocycles. The number of benzene rings is 1. The number of methoxy groups -OCH3 is 1. The molecule has 0 aliphatic rings. The van der Waals surface area contributed by atoms with Crippen molar-refractivity contribution >= 4 is 41.7 Å². The average Bonchev–Trinajstić information content (AvgIpc) is 2.38. The maximum absolute atomic E-state index is 11.9. The highest BCUT2D eigenvalue weighted by atomic mass is 79.9. The number of rotatable bonds is 7. The minimum atomic E-state index is -3.20. The van der Waals surface area contributed by atoms with E-state index in [2.05, 4.69) is 31.9 Å². The molecule has 0 N–H and O–H groups in total. The van der Waals surface area contributed by atoms with Crippen LogP contribution in [0.15, 0.2) is 22.7 Å². The molecule has 4 nitrogen and oxygen atoms in total. The van der Waals surface area contributed by atoms with Crippen LogP contribution in [0.3, 0.4) is 0 Å². The smallest absolute Gasteiger partial charge is 0.154 e. The highest BCUT2D eigenvalue weighted by Gasteiger charge is 2.38. The fraction of sp³-hybridized carbons (Fsp3) is 0.571. The zero-order valence-electron chi connectivity index (χ0n) is 12.5. The molecule has 7 heteroatoms. The van der Waals surface area contributed by atoms with Crippen molar-refractivity contribution in [3.8, 4) is 5.75 Å². The Labute approximate surface area is 143 Å². The summed E-state index contributed by atoms with van der Waals surface area (Å²) in [6.45, 7) is 4.38. The molecule has 0 radical (unpaired) electrons. The number of ether oxygens (including phenoxy) is 2. The van der Waals surface area contributed by atoms with Crippen LogP contribution in [0.25, 0.3) is 0 Å². The lowest BCUT2D eigenvalue weighted by molar-refractivity contribution is 0.146. The van der Waals surface area contributed by atoms with Gasteiger partial charge in [-0.2, -0.15) is 0 Å². The van der Waals surface area contributed by atoms with Gasteiger partial charge in [-0.25, -0.2) is 8.42 Å². The SMILES string of the molecule is COCCOc1ccc(C(Br)C(C)(C)S(C)(=O)=O)cc1Br. The number of halogens is 2. The van der Waals surface area contributed by atoms with Crippen LogP contribution in [-0.2, 0) is 14.6 Å². The van der Waals surface area contributed by atoms with Crippen LogP contribution in [0.2, 0.25) is 0 Å². The number of hydrogen-bond acceptors (Lipinski definition) is 4. The molecule has 0 spiro atoms. The number of alkyl halides is 1. The van der Waals surface area contributed by atoms with Crippen LogP contribution in [0, 0.1) is 0 Å². The molecular weight excluding hydrogens is 424 g/mol. The molecule has 0 fully saturated rings. The Kier molecular flexibility index (Phi) is 6.71. The summed E-state index contributed by atoms with van der Waals surface area (Å²) < 4.78 is 34.2. The lowest BCUT2D eigenvalue weighted by atomic mass is 10.0. The monoisotopic (exact) mass is 442 g/mol. The van der Waals surface area contributed by atoms with Gasteiger partial charge in [-0.1, -0.05) is 22.0 Å². The molecule has 1 aromatic rings. The van der Waals surface area contributed by atoms with Crippen molar-refractivity contribution in [2.24, 2.45) is 0 Å². The van der Waals surface area contributed by atoms with Crippen molar-refractivity contribution in [2.75, 3.05) is 26.6 Å². The third-order valence-electron chi connectivity index (χ3n) is 3.36. The molecule has 0 bridgehead atoms. The van der Waals surface area contributed by atoms with Gasteiger partial charge in [0.15, 0.2) is 9.84 Å². The van der Waals surface area contributed by atoms with Crippen LogP contribution in [-0.4, -0.2) is 39.7 Å². The van der Waals surface area contributed by atoms with Crippen molar-refractivity contribution in [3.05, 3.63) is 28.2 Å². The van der Waals surface area contributed by atoms with E-state index in [4.69, 9.17) is 9.47 Å². The van der Waals surface area contributed by atoms with Gasteiger partial charge in [0.25, 0.3) is 0 Å². The normalized spacial score (nSPS) is 14.0. The molecule has 1 rings (SSSR count). The van der Waals surface area contributed by atoms with E-state index in [9.17, 15) is 8.42 Å². The highest BCUT2D eigenvalue weighted by Crippen LogP contribution is 2.41. The Morgan fingerprint density at radius 2 is 1.90 bits per heavy atom. The van der Waals surface area contributed by atoms with Crippen molar-refractivity contribution in [1.82, 2.24) is 0 Å². The molecule has 1 aromatic carbocycles. The Hall–Kier alpha value is -0.110. The van der Waals surface area contributed by atoms with E-state index >= 15 is 0 Å². The summed E-state index contributed by atoms with van der Waals surface area (Å²) in [6, 6.07) is 5.55. The van der Waals surface area contributed by atoms with Crippen LogP contribution in [0.5, 0.6) is 5.75 Å². The maximum Gasteiger partial charge on any atom is 0.154 e. The van der Waals surface area contributed by atoms with Crippen molar-refractivity contribution < 1.29 is 17.9 Å². The summed E-state index contributed by atoms with van der Waals surface area (Å²) in [7, 11) is -1.58. The van der Waals surface area contributed by atoms with Crippen LogP contribution < -0.4 is 4.74 Å². The first-order chi connectivity index (χ1) is 9.61. The largest absolute Gasteiger partial charge is 0.490 e. The van der Waals surface area contributed by atoms with E-state index in [-0.39, 0.29) is 4.83 Å². The summed E-state index contributed by atoms with van der Waals surface area (Å²) in [5.74, 6) is 0.702. The molecule has 0 aromatic heterocycles. The Morgan fingerprint density at radius 3 is 2.38 bits per heavy atom. The number of sulfone groups is 1. The van der Waals surface area contributed by atoms with Gasteiger partial charge in [0, 0.05) is 13.4 Å². The predicted molar refractivity (Wildman–Crippen MR) is 92.1 cm³/mol. The summed E-state index contributed by atoms with van der Waals surface area (Å²) in [5, 5.41) is 0. The van der Waals surface area contributed by atoms with E-state index in [1.807, 2.05) is 18.2 Å². The molecule has 120 valence electrons. The van der Waals surface area contributed by atoms with Crippen molar-refractivity contribution in [2.45, 2.75) is 23.4 Å². The summed E-state index contributed by atoms with van der Waals surface area (Å²) in [5.41, 5.74) is 0.872. The summed E-state index contributed by atoms with van der Waals surface area (Å²) in [6.07, 6.45) is 1.25. The van der Waals surface area contributed by atoms with Gasteiger partial charge in [0.2, 0.25) is 0 Å². The highest BCUT2D eigenvalue weighted by molar-refractivity contribution is 9.10. The van der Waals surface area contributed by atoms with Gasteiger partial charge < -0.3 is 9.47 Å². The van der Waals surface area contributed by atoms with Crippen molar-refractivity contribution in [3.63, 3.8) is 0 Å². The first-order valence-corrected chi connectivity index (χ1v) is 9.96. The van der Waals surface area contributed by atoms with E-state index in [1.165, 1.54) is 6.26 Å². The van der Waals surface area contributed by atoms with E-state index in [0.29, 0.717) is 19.0 Å². The molecule has 0 heterocycles. The fourth-order valence-electron chi connectivity index (χ4n) is 1.62. The van der Waals surface area contributed by atoms with E-state index < -0.39 is 14.6 Å². The minimum absolute atomic E-state index is 0.315. The van der Waals surface area contributed by atoms with Gasteiger partial charge in [-0.15, -0.1) is 0 Å². The molecular formula is C14H20Br2O4S. The molecule has 1 atom stereocenters. The third-order valence-corrected chi connectivity index (χ3v) is 8.10. The summed E-state index contributed by atoms with van der Waals surface area (Å²) in [4.78, 5) is -0.315. The van der Waals surface area contributed by atoms with E-state index in [0.717, 1.165) is 10.0 Å². The Morgan fingerprint density at radius 1 is 1.29 bits per heavy atom. The maximum atomic E-state index is 11.9. The van der Waals surface area contributed by atoms with Crippen molar-refractivity contribution in [1.29, 1.82) is 0 Å². The Balaban J connectivity index is 2.98. The van der Waals surface area contributed by atoms with Crippen LogP contribution in [0.1, 0.15) is 24.2 Å². The van der Waals surface area contributed by atoms with Gasteiger partial charge in [-0.05, 0) is 47.5 Å². The zero-order chi connectivity index (χ0) is 16.3. The molecule has 0 aliphatic heterocycles. The third kappa shape index (κ3) is 4.68.